The lowest BCUT2D eigenvalue weighted by Gasteiger charge is -2.22. The Balaban J connectivity index is 1.26. The van der Waals surface area contributed by atoms with E-state index in [0.717, 1.165) is 68.7 Å². The van der Waals surface area contributed by atoms with Gasteiger partial charge in [-0.15, -0.1) is 0 Å². The van der Waals surface area contributed by atoms with Crippen molar-refractivity contribution in [1.82, 2.24) is 30.1 Å². The molecule has 39 heavy (non-hydrogen) atoms. The summed E-state index contributed by atoms with van der Waals surface area (Å²) < 4.78 is 20.4. The van der Waals surface area contributed by atoms with Gasteiger partial charge in [0.05, 0.1) is 29.2 Å². The summed E-state index contributed by atoms with van der Waals surface area (Å²) in [5.74, 6) is 0.513. The summed E-state index contributed by atoms with van der Waals surface area (Å²) in [7, 11) is 0. The SMILES string of the molecule is Cc1cc(F)cc(-c2ccnc3[nH]c(-c4n[nH]c5ccc(-c6cncc(OC7CCCCC7)c6)nc45)cc23)c1. The Kier molecular flexibility index (Phi) is 5.80. The molecular formula is C31H27FN6O. The van der Waals surface area contributed by atoms with E-state index in [0.29, 0.717) is 11.3 Å². The number of rotatable bonds is 5. The van der Waals surface area contributed by atoms with Crippen LogP contribution in [0.3, 0.4) is 0 Å². The Bertz CT molecular complexity index is 1800. The Morgan fingerprint density at radius 1 is 0.949 bits per heavy atom. The van der Waals surface area contributed by atoms with Gasteiger partial charge in [-0.05, 0) is 91.8 Å². The molecule has 8 heteroatoms. The topological polar surface area (TPSA) is 92.4 Å². The number of aryl methyl sites for hydroxylation is 1. The molecule has 1 saturated carbocycles. The molecule has 7 nitrogen and oxygen atoms in total. The summed E-state index contributed by atoms with van der Waals surface area (Å²) in [5.41, 5.74) is 7.98. The summed E-state index contributed by atoms with van der Waals surface area (Å²) in [6, 6.07) is 14.9. The number of H-pyrrole nitrogens is 2. The molecule has 1 aromatic carbocycles. The van der Waals surface area contributed by atoms with Gasteiger partial charge in [0.1, 0.15) is 28.4 Å². The van der Waals surface area contributed by atoms with Crippen molar-refractivity contribution in [2.24, 2.45) is 0 Å². The smallest absolute Gasteiger partial charge is 0.138 e. The number of nitrogens with zero attached hydrogens (tertiary/aromatic N) is 4. The summed E-state index contributed by atoms with van der Waals surface area (Å²) in [5, 5.41) is 8.56. The fourth-order valence-electron chi connectivity index (χ4n) is 5.54. The molecule has 5 heterocycles. The van der Waals surface area contributed by atoms with Crippen LogP contribution < -0.4 is 4.74 Å². The third kappa shape index (κ3) is 4.52. The van der Waals surface area contributed by atoms with Crippen molar-refractivity contribution in [2.45, 2.75) is 45.1 Å². The third-order valence-electron chi connectivity index (χ3n) is 7.41. The van der Waals surface area contributed by atoms with Gasteiger partial charge in [-0.3, -0.25) is 10.1 Å². The first-order valence-electron chi connectivity index (χ1n) is 13.3. The van der Waals surface area contributed by atoms with Crippen molar-refractivity contribution in [3.8, 4) is 39.5 Å². The number of benzene rings is 1. The van der Waals surface area contributed by atoms with Crippen LogP contribution in [0.15, 0.2) is 67.1 Å². The normalized spacial score (nSPS) is 14.3. The fraction of sp³-hybridized carbons (Fsp3) is 0.226. The van der Waals surface area contributed by atoms with Gasteiger partial charge in [0.25, 0.3) is 0 Å². The van der Waals surface area contributed by atoms with Crippen LogP contribution in [-0.2, 0) is 0 Å². The van der Waals surface area contributed by atoms with E-state index in [1.165, 1.54) is 25.3 Å². The zero-order chi connectivity index (χ0) is 26.3. The van der Waals surface area contributed by atoms with Gasteiger partial charge in [0, 0.05) is 23.3 Å². The maximum absolute atomic E-state index is 14.2. The highest BCUT2D eigenvalue weighted by atomic mass is 19.1. The predicted octanol–water partition coefficient (Wildman–Crippen LogP) is 7.39. The number of hydrogen-bond donors (Lipinski definition) is 2. The summed E-state index contributed by atoms with van der Waals surface area (Å²) in [6.07, 6.45) is 11.5. The number of nitrogens with one attached hydrogen (secondary N) is 2. The second-order valence-corrected chi connectivity index (χ2v) is 10.3. The van der Waals surface area contributed by atoms with E-state index in [1.807, 2.05) is 49.5 Å². The number of aromatic amines is 2. The van der Waals surface area contributed by atoms with Crippen molar-refractivity contribution in [2.75, 3.05) is 0 Å². The van der Waals surface area contributed by atoms with Crippen LogP contribution in [0, 0.1) is 12.7 Å². The Labute approximate surface area is 224 Å². The number of pyridine rings is 3. The first kappa shape index (κ1) is 23.5. The first-order valence-corrected chi connectivity index (χ1v) is 13.3. The lowest BCUT2D eigenvalue weighted by atomic mass is 9.98. The number of hydrogen-bond acceptors (Lipinski definition) is 5. The molecule has 194 valence electrons. The van der Waals surface area contributed by atoms with Gasteiger partial charge in [-0.1, -0.05) is 12.5 Å². The fourth-order valence-corrected chi connectivity index (χ4v) is 5.54. The van der Waals surface area contributed by atoms with Crippen molar-refractivity contribution in [3.05, 3.63) is 78.5 Å². The Morgan fingerprint density at radius 2 is 1.85 bits per heavy atom. The van der Waals surface area contributed by atoms with Crippen molar-refractivity contribution < 1.29 is 9.13 Å². The molecule has 0 aliphatic heterocycles. The molecule has 0 atom stereocenters. The van der Waals surface area contributed by atoms with Gasteiger partial charge >= 0.3 is 0 Å². The van der Waals surface area contributed by atoms with Crippen LogP contribution >= 0.6 is 0 Å². The van der Waals surface area contributed by atoms with Crippen LogP contribution in [0.2, 0.25) is 0 Å². The van der Waals surface area contributed by atoms with E-state index in [9.17, 15) is 4.39 Å². The molecule has 0 saturated heterocycles. The second-order valence-electron chi connectivity index (χ2n) is 10.3. The monoisotopic (exact) mass is 518 g/mol. The third-order valence-corrected chi connectivity index (χ3v) is 7.41. The molecule has 0 bridgehead atoms. The molecule has 0 amide bonds. The minimum absolute atomic E-state index is 0.253. The van der Waals surface area contributed by atoms with Gasteiger partial charge in [-0.2, -0.15) is 5.10 Å². The number of fused-ring (bicyclic) bond motifs is 2. The zero-order valence-corrected chi connectivity index (χ0v) is 21.5. The maximum Gasteiger partial charge on any atom is 0.138 e. The highest BCUT2D eigenvalue weighted by Gasteiger charge is 2.18. The van der Waals surface area contributed by atoms with E-state index < -0.39 is 0 Å². The summed E-state index contributed by atoms with van der Waals surface area (Å²) in [6.45, 7) is 1.89. The first-order chi connectivity index (χ1) is 19.1. The zero-order valence-electron chi connectivity index (χ0n) is 21.5. The van der Waals surface area contributed by atoms with Gasteiger partial charge < -0.3 is 9.72 Å². The Morgan fingerprint density at radius 3 is 2.72 bits per heavy atom. The van der Waals surface area contributed by atoms with E-state index in [1.54, 1.807) is 18.5 Å². The summed E-state index contributed by atoms with van der Waals surface area (Å²) in [4.78, 5) is 17.3. The number of aromatic nitrogens is 6. The molecule has 1 fully saturated rings. The molecule has 7 rings (SSSR count). The average Bonchev–Trinajstić information content (AvgIpc) is 3.57. The van der Waals surface area contributed by atoms with E-state index in [-0.39, 0.29) is 11.9 Å². The second kappa shape index (κ2) is 9.62. The molecule has 0 radical (unpaired) electrons. The average molecular weight is 519 g/mol. The molecular weight excluding hydrogens is 491 g/mol. The van der Waals surface area contributed by atoms with Crippen LogP contribution in [0.1, 0.15) is 37.7 Å². The lowest BCUT2D eigenvalue weighted by Crippen LogP contribution is -2.19. The van der Waals surface area contributed by atoms with Crippen LogP contribution in [0.4, 0.5) is 4.39 Å². The minimum Gasteiger partial charge on any atom is -0.489 e. The Hall–Kier alpha value is -4.59. The highest BCUT2D eigenvalue weighted by molar-refractivity contribution is 5.99. The maximum atomic E-state index is 14.2. The van der Waals surface area contributed by atoms with E-state index >= 15 is 0 Å². The molecule has 1 aliphatic carbocycles. The molecule has 1 aliphatic rings. The molecule has 0 spiro atoms. The predicted molar refractivity (Wildman–Crippen MR) is 150 cm³/mol. The van der Waals surface area contributed by atoms with E-state index in [2.05, 4.69) is 25.1 Å². The molecule has 2 N–H and O–H groups in total. The standard InChI is InChI=1S/C31H27FN6O/c1-18-11-19(13-21(32)12-18)24-9-10-34-31-25(24)15-28(36-31)30-29-27(37-38-30)8-7-26(35-29)20-14-23(17-33-16-20)39-22-5-3-2-4-6-22/h7-17,22H,2-6H2,1H3,(H,34,36)(H,37,38). The molecule has 0 unspecified atom stereocenters. The van der Waals surface area contributed by atoms with Crippen LogP contribution in [-0.4, -0.2) is 36.2 Å². The summed E-state index contributed by atoms with van der Waals surface area (Å²) >= 11 is 0. The number of halogens is 1. The highest BCUT2D eigenvalue weighted by Crippen LogP contribution is 2.34. The van der Waals surface area contributed by atoms with Gasteiger partial charge in [-0.25, -0.2) is 14.4 Å². The van der Waals surface area contributed by atoms with Gasteiger partial charge in [0.15, 0.2) is 0 Å². The minimum atomic E-state index is -0.261. The van der Waals surface area contributed by atoms with Crippen LogP contribution in [0.25, 0.3) is 55.8 Å². The lowest BCUT2D eigenvalue weighted by molar-refractivity contribution is 0.154. The van der Waals surface area contributed by atoms with E-state index in [4.69, 9.17) is 9.72 Å². The molecule has 6 aromatic rings. The quantitative estimate of drug-likeness (QED) is 0.248. The van der Waals surface area contributed by atoms with Crippen molar-refractivity contribution >= 4 is 22.1 Å². The largest absolute Gasteiger partial charge is 0.489 e. The van der Waals surface area contributed by atoms with Crippen molar-refractivity contribution in [3.63, 3.8) is 0 Å². The molecule has 5 aromatic heterocycles. The van der Waals surface area contributed by atoms with Gasteiger partial charge in [0.2, 0.25) is 0 Å². The van der Waals surface area contributed by atoms with Crippen molar-refractivity contribution in [1.29, 1.82) is 0 Å². The number of ether oxygens (including phenoxy) is 1. The van der Waals surface area contributed by atoms with Crippen LogP contribution in [0.5, 0.6) is 5.75 Å².